The van der Waals surface area contributed by atoms with E-state index in [1.165, 1.54) is 0 Å². The van der Waals surface area contributed by atoms with Crippen molar-refractivity contribution in [3.05, 3.63) is 160 Å². The number of halogens is 1. The average molecular weight is 493 g/mol. The molecule has 1 aromatic heterocycles. The number of nitrogens with zero attached hydrogens (tertiary/aromatic N) is 2. The summed E-state index contributed by atoms with van der Waals surface area (Å²) in [6.07, 6.45) is 3.62. The summed E-state index contributed by atoms with van der Waals surface area (Å²) >= 11 is 3.45. The maximum Gasteiger partial charge on any atom is 0.212 e. The van der Waals surface area contributed by atoms with E-state index in [9.17, 15) is 4.79 Å². The van der Waals surface area contributed by atoms with Crippen LogP contribution in [0.5, 0.6) is 0 Å². The molecule has 33 heavy (non-hydrogen) atoms. The van der Waals surface area contributed by atoms with Crippen molar-refractivity contribution < 1.29 is 4.79 Å². The van der Waals surface area contributed by atoms with Gasteiger partial charge in [0.05, 0.1) is 6.33 Å². The number of carbonyl (C=O) groups is 1. The number of hydrogen-bond donors (Lipinski definition) is 0. The molecule has 0 bridgehead atoms. The van der Waals surface area contributed by atoms with Crippen LogP contribution < -0.4 is 0 Å². The van der Waals surface area contributed by atoms with Crippen LogP contribution in [-0.2, 0) is 5.54 Å². The molecule has 5 rings (SSSR count). The predicted octanol–water partition coefficient (Wildman–Crippen LogP) is 6.72. The Kier molecular flexibility index (Phi) is 5.76. The van der Waals surface area contributed by atoms with E-state index < -0.39 is 5.54 Å². The van der Waals surface area contributed by atoms with Gasteiger partial charge in [-0.25, -0.2) is 4.98 Å². The first-order valence-electron chi connectivity index (χ1n) is 10.7. The van der Waals surface area contributed by atoms with Crippen molar-refractivity contribution in [3.63, 3.8) is 0 Å². The van der Waals surface area contributed by atoms with E-state index >= 15 is 0 Å². The fourth-order valence-electron chi connectivity index (χ4n) is 4.39. The monoisotopic (exact) mass is 492 g/mol. The third kappa shape index (κ3) is 3.83. The first-order chi connectivity index (χ1) is 16.2. The molecule has 0 radical (unpaired) electrons. The molecule has 0 fully saturated rings. The molecule has 0 aliphatic rings. The molecule has 0 spiro atoms. The highest BCUT2D eigenvalue weighted by Crippen LogP contribution is 2.40. The number of hydrogen-bond acceptors (Lipinski definition) is 2. The first-order valence-corrected chi connectivity index (χ1v) is 11.5. The van der Waals surface area contributed by atoms with Gasteiger partial charge in [0.25, 0.3) is 0 Å². The van der Waals surface area contributed by atoms with Crippen LogP contribution >= 0.6 is 15.9 Å². The lowest BCUT2D eigenvalue weighted by Crippen LogP contribution is -2.37. The molecule has 5 aromatic rings. The Bertz CT molecular complexity index is 1280. The van der Waals surface area contributed by atoms with Gasteiger partial charge in [0.15, 0.2) is 0 Å². The molecule has 0 N–H and O–H groups in total. The lowest BCUT2D eigenvalue weighted by Gasteiger charge is -2.37. The largest absolute Gasteiger partial charge is 0.318 e. The highest BCUT2D eigenvalue weighted by atomic mass is 79.9. The summed E-state index contributed by atoms with van der Waals surface area (Å²) in [5, 5.41) is 0. The minimum atomic E-state index is -0.688. The van der Waals surface area contributed by atoms with E-state index in [2.05, 4.69) is 61.9 Å². The molecule has 0 unspecified atom stereocenters. The fraction of sp³-hybridized carbons (Fsp3) is 0.0345. The standard InChI is InChI=1S/C29H21BrN2O/c30-26-18-10-11-22(19-26)28(33)27-20-32(21-31-27)29(23-12-4-1-5-13-23,24-14-6-2-7-15-24)25-16-8-3-9-17-25/h1-21H. The van der Waals surface area contributed by atoms with Gasteiger partial charge >= 0.3 is 0 Å². The highest BCUT2D eigenvalue weighted by molar-refractivity contribution is 9.10. The number of aromatic nitrogens is 2. The molecule has 160 valence electrons. The maximum absolute atomic E-state index is 13.3. The Hall–Kier alpha value is -3.76. The van der Waals surface area contributed by atoms with Crippen molar-refractivity contribution in [3.8, 4) is 0 Å². The van der Waals surface area contributed by atoms with Crippen molar-refractivity contribution in [1.29, 1.82) is 0 Å². The Labute approximate surface area is 201 Å². The zero-order valence-corrected chi connectivity index (χ0v) is 19.4. The van der Waals surface area contributed by atoms with Crippen LogP contribution in [0.1, 0.15) is 32.7 Å². The molecule has 0 atom stereocenters. The van der Waals surface area contributed by atoms with E-state index in [1.54, 1.807) is 6.33 Å². The van der Waals surface area contributed by atoms with Gasteiger partial charge in [0.2, 0.25) is 5.78 Å². The highest BCUT2D eigenvalue weighted by Gasteiger charge is 2.38. The van der Waals surface area contributed by atoms with Crippen LogP contribution in [0.15, 0.2) is 132 Å². The van der Waals surface area contributed by atoms with E-state index in [4.69, 9.17) is 0 Å². The van der Waals surface area contributed by atoms with Crippen LogP contribution in [-0.4, -0.2) is 15.3 Å². The number of carbonyl (C=O) groups excluding carboxylic acids is 1. The molecule has 0 aliphatic carbocycles. The van der Waals surface area contributed by atoms with Gasteiger partial charge in [-0.3, -0.25) is 4.79 Å². The minimum Gasteiger partial charge on any atom is -0.318 e. The zero-order chi connectivity index (χ0) is 22.7. The summed E-state index contributed by atoms with van der Waals surface area (Å²) in [6.45, 7) is 0. The van der Waals surface area contributed by atoms with Crippen molar-refractivity contribution in [1.82, 2.24) is 9.55 Å². The molecule has 1 heterocycles. The van der Waals surface area contributed by atoms with Crippen molar-refractivity contribution in [2.75, 3.05) is 0 Å². The third-order valence-electron chi connectivity index (χ3n) is 5.86. The van der Waals surface area contributed by atoms with Gasteiger partial charge in [-0.1, -0.05) is 119 Å². The van der Waals surface area contributed by atoms with Crippen molar-refractivity contribution in [2.45, 2.75) is 5.54 Å². The molecule has 3 nitrogen and oxygen atoms in total. The number of benzene rings is 4. The zero-order valence-electron chi connectivity index (χ0n) is 17.8. The number of ketones is 1. The molecule has 0 amide bonds. The van der Waals surface area contributed by atoms with Crippen LogP contribution in [0.2, 0.25) is 0 Å². The summed E-state index contributed by atoms with van der Waals surface area (Å²) in [5.41, 5.74) is 3.57. The molecular weight excluding hydrogens is 472 g/mol. The van der Waals surface area contributed by atoms with Gasteiger partial charge in [0, 0.05) is 16.2 Å². The Balaban J connectivity index is 1.75. The normalized spacial score (nSPS) is 11.3. The molecular formula is C29H21BrN2O. The van der Waals surface area contributed by atoms with Crippen LogP contribution in [0.25, 0.3) is 0 Å². The second-order valence-corrected chi connectivity index (χ2v) is 8.73. The van der Waals surface area contributed by atoms with Gasteiger partial charge in [0.1, 0.15) is 11.2 Å². The van der Waals surface area contributed by atoms with E-state index in [-0.39, 0.29) is 5.78 Å². The SMILES string of the molecule is O=C(c1cccc(Br)c1)c1cn(C(c2ccccc2)(c2ccccc2)c2ccccc2)cn1. The minimum absolute atomic E-state index is 0.113. The summed E-state index contributed by atoms with van der Waals surface area (Å²) in [4.78, 5) is 17.8. The van der Waals surface area contributed by atoms with E-state index in [0.717, 1.165) is 21.2 Å². The summed E-state index contributed by atoms with van der Waals surface area (Å²) in [7, 11) is 0. The molecule has 4 heteroatoms. The topological polar surface area (TPSA) is 34.9 Å². The average Bonchev–Trinajstić information content (AvgIpc) is 3.37. The van der Waals surface area contributed by atoms with Crippen LogP contribution in [0.3, 0.4) is 0 Å². The third-order valence-corrected chi connectivity index (χ3v) is 6.36. The Morgan fingerprint density at radius 3 is 1.70 bits per heavy atom. The fourth-order valence-corrected chi connectivity index (χ4v) is 4.79. The quantitative estimate of drug-likeness (QED) is 0.195. The van der Waals surface area contributed by atoms with E-state index in [0.29, 0.717) is 11.3 Å². The van der Waals surface area contributed by atoms with Crippen molar-refractivity contribution in [2.24, 2.45) is 0 Å². The number of rotatable bonds is 6. The lowest BCUT2D eigenvalue weighted by molar-refractivity contribution is 0.103. The molecule has 0 saturated heterocycles. The summed E-state index contributed by atoms with van der Waals surface area (Å²) in [5.74, 6) is -0.113. The Morgan fingerprint density at radius 2 is 1.21 bits per heavy atom. The van der Waals surface area contributed by atoms with Crippen LogP contribution in [0, 0.1) is 0 Å². The lowest BCUT2D eigenvalue weighted by atomic mass is 9.77. The second-order valence-electron chi connectivity index (χ2n) is 7.81. The molecule has 0 aliphatic heterocycles. The maximum atomic E-state index is 13.3. The van der Waals surface area contributed by atoms with E-state index in [1.807, 2.05) is 85.1 Å². The smallest absolute Gasteiger partial charge is 0.212 e. The number of imidazole rings is 1. The second kappa shape index (κ2) is 9.00. The van der Waals surface area contributed by atoms with Gasteiger partial charge in [-0.15, -0.1) is 0 Å². The molecule has 4 aromatic carbocycles. The predicted molar refractivity (Wildman–Crippen MR) is 134 cm³/mol. The van der Waals surface area contributed by atoms with Crippen molar-refractivity contribution >= 4 is 21.7 Å². The first kappa shape index (κ1) is 21.1. The summed E-state index contributed by atoms with van der Waals surface area (Å²) < 4.78 is 2.91. The van der Waals surface area contributed by atoms with Gasteiger partial charge in [-0.05, 0) is 28.8 Å². The van der Waals surface area contributed by atoms with Gasteiger partial charge < -0.3 is 4.57 Å². The summed E-state index contributed by atoms with van der Waals surface area (Å²) in [6, 6.07) is 38.4. The molecule has 0 saturated carbocycles. The van der Waals surface area contributed by atoms with Crippen LogP contribution in [0.4, 0.5) is 0 Å². The Morgan fingerprint density at radius 1 is 0.697 bits per heavy atom. The van der Waals surface area contributed by atoms with Gasteiger partial charge in [-0.2, -0.15) is 0 Å².